The fourth-order valence-corrected chi connectivity index (χ4v) is 4.60. The molecule has 0 saturated carbocycles. The van der Waals surface area contributed by atoms with E-state index in [1.54, 1.807) is 12.0 Å². The van der Waals surface area contributed by atoms with Gasteiger partial charge in [-0.15, -0.1) is 0 Å². The molecule has 7 heteroatoms. The zero-order valence-corrected chi connectivity index (χ0v) is 18.9. The molecule has 0 radical (unpaired) electrons. The summed E-state index contributed by atoms with van der Waals surface area (Å²) >= 11 is 0. The molecule has 1 fully saturated rings. The summed E-state index contributed by atoms with van der Waals surface area (Å²) in [6.07, 6.45) is 2.88. The van der Waals surface area contributed by atoms with Crippen LogP contribution in [-0.2, 0) is 16.1 Å². The Balaban J connectivity index is 1.69. The lowest BCUT2D eigenvalue weighted by molar-refractivity contribution is -0.133. The van der Waals surface area contributed by atoms with Gasteiger partial charge in [0.05, 0.1) is 25.3 Å². The Labute approximate surface area is 183 Å². The molecule has 4 rings (SSSR count). The first-order chi connectivity index (χ1) is 14.8. The van der Waals surface area contributed by atoms with E-state index in [0.717, 1.165) is 42.5 Å². The smallest absolute Gasteiger partial charge is 0.271 e. The largest absolute Gasteiger partial charge is 0.497 e. The summed E-state index contributed by atoms with van der Waals surface area (Å²) < 4.78 is 13.0. The highest BCUT2D eigenvalue weighted by atomic mass is 16.5. The van der Waals surface area contributed by atoms with Crippen molar-refractivity contribution in [3.8, 4) is 5.75 Å². The van der Waals surface area contributed by atoms with Gasteiger partial charge in [-0.3, -0.25) is 9.59 Å². The number of benzene rings is 1. The molecule has 2 aliphatic heterocycles. The van der Waals surface area contributed by atoms with Gasteiger partial charge in [-0.25, -0.2) is 0 Å². The molecule has 1 aromatic carbocycles. The summed E-state index contributed by atoms with van der Waals surface area (Å²) in [5.74, 6) is 0.934. The third-order valence-corrected chi connectivity index (χ3v) is 6.57. The van der Waals surface area contributed by atoms with Gasteiger partial charge in [0.25, 0.3) is 5.91 Å². The molecule has 2 atom stereocenters. The van der Waals surface area contributed by atoms with Gasteiger partial charge in [-0.05, 0) is 50.3 Å². The van der Waals surface area contributed by atoms with E-state index in [1.165, 1.54) is 0 Å². The summed E-state index contributed by atoms with van der Waals surface area (Å²) in [5.41, 5.74) is 0.549. The van der Waals surface area contributed by atoms with E-state index in [0.29, 0.717) is 31.2 Å². The molecule has 1 N–H and O–H groups in total. The van der Waals surface area contributed by atoms with Crippen molar-refractivity contribution in [1.29, 1.82) is 0 Å². The number of nitrogens with zero attached hydrogens (tertiary/aromatic N) is 2. The molecule has 1 aromatic heterocycles. The van der Waals surface area contributed by atoms with Crippen molar-refractivity contribution >= 4 is 22.7 Å². The quantitative estimate of drug-likeness (QED) is 0.737. The van der Waals surface area contributed by atoms with E-state index < -0.39 is 5.54 Å². The van der Waals surface area contributed by atoms with Gasteiger partial charge < -0.3 is 24.3 Å². The molecule has 2 amide bonds. The second-order valence-electron chi connectivity index (χ2n) is 9.30. The molecule has 0 aliphatic carbocycles. The number of hydrogen-bond donors (Lipinski definition) is 1. The number of carbonyl (C=O) groups is 2. The Morgan fingerprint density at radius 1 is 1.35 bits per heavy atom. The van der Waals surface area contributed by atoms with Crippen LogP contribution < -0.4 is 10.1 Å². The number of ether oxygens (including phenoxy) is 2. The first-order valence-electron chi connectivity index (χ1n) is 11.2. The zero-order chi connectivity index (χ0) is 22.2. The van der Waals surface area contributed by atoms with Crippen molar-refractivity contribution in [2.45, 2.75) is 58.2 Å². The number of nitrogens with one attached hydrogen (secondary N) is 1. The van der Waals surface area contributed by atoms with E-state index in [4.69, 9.17) is 9.47 Å². The van der Waals surface area contributed by atoms with Gasteiger partial charge in [0.2, 0.25) is 5.91 Å². The molecular weight excluding hydrogens is 394 g/mol. The monoisotopic (exact) mass is 427 g/mol. The van der Waals surface area contributed by atoms with Crippen LogP contribution in [0.5, 0.6) is 5.75 Å². The molecule has 168 valence electrons. The number of hydrogen-bond acceptors (Lipinski definition) is 4. The molecule has 0 spiro atoms. The topological polar surface area (TPSA) is 72.8 Å². The van der Waals surface area contributed by atoms with Gasteiger partial charge in [0, 0.05) is 31.1 Å². The van der Waals surface area contributed by atoms with Gasteiger partial charge in [0.15, 0.2) is 0 Å². The second-order valence-corrected chi connectivity index (χ2v) is 9.30. The second kappa shape index (κ2) is 8.54. The molecule has 7 nitrogen and oxygen atoms in total. The van der Waals surface area contributed by atoms with E-state index in [9.17, 15) is 9.59 Å². The van der Waals surface area contributed by atoms with Gasteiger partial charge in [0.1, 0.15) is 17.0 Å². The lowest BCUT2D eigenvalue weighted by Crippen LogP contribution is -2.64. The summed E-state index contributed by atoms with van der Waals surface area (Å²) in [4.78, 5) is 28.8. The van der Waals surface area contributed by atoms with E-state index in [1.807, 2.05) is 35.8 Å². The van der Waals surface area contributed by atoms with E-state index in [2.05, 4.69) is 19.2 Å². The average molecular weight is 428 g/mol. The highest BCUT2D eigenvalue weighted by molar-refractivity contribution is 6.03. The van der Waals surface area contributed by atoms with Crippen molar-refractivity contribution in [2.75, 3.05) is 26.8 Å². The van der Waals surface area contributed by atoms with Crippen LogP contribution in [0.3, 0.4) is 0 Å². The minimum atomic E-state index is -0.980. The molecule has 31 heavy (non-hydrogen) atoms. The number of rotatable bonds is 7. The minimum Gasteiger partial charge on any atom is -0.497 e. The summed E-state index contributed by atoms with van der Waals surface area (Å²) in [5, 5.41) is 4.04. The first kappa shape index (κ1) is 21.7. The highest BCUT2D eigenvalue weighted by Gasteiger charge is 2.47. The van der Waals surface area contributed by atoms with Crippen LogP contribution in [0.1, 0.15) is 50.5 Å². The predicted molar refractivity (Wildman–Crippen MR) is 119 cm³/mol. The lowest BCUT2D eigenvalue weighted by Gasteiger charge is -2.44. The lowest BCUT2D eigenvalue weighted by atomic mass is 9.93. The summed E-state index contributed by atoms with van der Waals surface area (Å²) in [6.45, 7) is 8.32. The van der Waals surface area contributed by atoms with Crippen LogP contribution in [0.4, 0.5) is 0 Å². The van der Waals surface area contributed by atoms with Crippen LogP contribution >= 0.6 is 0 Å². The SMILES string of the molecule is COc1ccc2cc3n(c2c1)C[C@@](C)(C(=O)NC[C@H]1CCCO1)N(CCC(C)C)C3=O. The molecule has 1 saturated heterocycles. The van der Waals surface area contributed by atoms with Gasteiger partial charge >= 0.3 is 0 Å². The predicted octanol–water partition coefficient (Wildman–Crippen LogP) is 3.21. The van der Waals surface area contributed by atoms with Crippen LogP contribution in [0.25, 0.3) is 10.9 Å². The molecule has 2 aromatic rings. The normalized spacial score (nSPS) is 23.5. The number of amides is 2. The van der Waals surface area contributed by atoms with Crippen LogP contribution in [0.2, 0.25) is 0 Å². The molecule has 0 unspecified atom stereocenters. The molecule has 2 aliphatic rings. The summed E-state index contributed by atoms with van der Waals surface area (Å²) in [7, 11) is 1.63. The molecular formula is C24H33N3O4. The Morgan fingerprint density at radius 2 is 2.16 bits per heavy atom. The fourth-order valence-electron chi connectivity index (χ4n) is 4.60. The Morgan fingerprint density at radius 3 is 2.84 bits per heavy atom. The fraction of sp³-hybridized carbons (Fsp3) is 0.583. The maximum Gasteiger partial charge on any atom is 0.271 e. The van der Waals surface area contributed by atoms with Crippen molar-refractivity contribution in [3.05, 3.63) is 30.0 Å². The maximum atomic E-state index is 13.6. The van der Waals surface area contributed by atoms with Crippen molar-refractivity contribution in [2.24, 2.45) is 5.92 Å². The van der Waals surface area contributed by atoms with E-state index in [-0.39, 0.29) is 17.9 Å². The number of carbonyl (C=O) groups excluding carboxylic acids is 2. The zero-order valence-electron chi connectivity index (χ0n) is 18.9. The third-order valence-electron chi connectivity index (χ3n) is 6.57. The Hall–Kier alpha value is -2.54. The van der Waals surface area contributed by atoms with Crippen molar-refractivity contribution in [3.63, 3.8) is 0 Å². The van der Waals surface area contributed by atoms with Crippen LogP contribution in [0.15, 0.2) is 24.3 Å². The molecule has 0 bridgehead atoms. The van der Waals surface area contributed by atoms with Crippen molar-refractivity contribution in [1.82, 2.24) is 14.8 Å². The van der Waals surface area contributed by atoms with Crippen LogP contribution in [0, 0.1) is 5.92 Å². The highest BCUT2D eigenvalue weighted by Crippen LogP contribution is 2.34. The number of fused-ring (bicyclic) bond motifs is 3. The summed E-state index contributed by atoms with van der Waals surface area (Å²) in [6, 6.07) is 7.70. The Bertz CT molecular complexity index is 977. The number of methoxy groups -OCH3 is 1. The average Bonchev–Trinajstić information content (AvgIpc) is 3.39. The maximum absolute atomic E-state index is 13.6. The Kier molecular flexibility index (Phi) is 5.97. The standard InChI is InChI=1S/C24H33N3O4/c1-16(2)9-10-27-22(28)21-12-17-7-8-18(30-4)13-20(17)26(21)15-24(27,3)23(29)25-14-19-6-5-11-31-19/h7-8,12-13,16,19H,5-6,9-11,14-15H2,1-4H3,(H,25,29)/t19-,24+/m1/s1. The van der Waals surface area contributed by atoms with Crippen LogP contribution in [-0.4, -0.2) is 59.7 Å². The van der Waals surface area contributed by atoms with Gasteiger partial charge in [-0.1, -0.05) is 13.8 Å². The third kappa shape index (κ3) is 4.03. The van der Waals surface area contributed by atoms with E-state index >= 15 is 0 Å². The molecule has 3 heterocycles. The van der Waals surface area contributed by atoms with Gasteiger partial charge in [-0.2, -0.15) is 0 Å². The minimum absolute atomic E-state index is 0.0585. The first-order valence-corrected chi connectivity index (χ1v) is 11.2. The van der Waals surface area contributed by atoms with Crippen molar-refractivity contribution < 1.29 is 19.1 Å². The number of aromatic nitrogens is 1.